The molecule has 0 aromatic carbocycles. The Morgan fingerprint density at radius 2 is 1.67 bits per heavy atom. The summed E-state index contributed by atoms with van der Waals surface area (Å²) in [5, 5.41) is 9.24. The van der Waals surface area contributed by atoms with Gasteiger partial charge in [0.2, 0.25) is 5.88 Å². The number of carbonyl (C=O) groups is 2. The largest absolute Gasteiger partial charge is 0.494 e. The van der Waals surface area contributed by atoms with Crippen LogP contribution in [0.25, 0.3) is 0 Å². The van der Waals surface area contributed by atoms with Crippen molar-refractivity contribution in [1.82, 2.24) is 4.98 Å². The maximum absolute atomic E-state index is 11.2. The molecule has 1 aromatic heterocycles. The topological polar surface area (TPSA) is 139 Å². The minimum absolute atomic E-state index is 0.0312. The van der Waals surface area contributed by atoms with Crippen molar-refractivity contribution >= 4 is 11.8 Å². The molecular weight excluding hydrogens is 202 g/mol. The number of H-pyrrole nitrogens is 1. The predicted octanol–water partition coefficient (Wildman–Crippen LogP) is -1.41. The average molecular weight is 211 g/mol. The van der Waals surface area contributed by atoms with Crippen molar-refractivity contribution in [3.8, 4) is 5.88 Å². The second kappa shape index (κ2) is 3.45. The first-order valence-electron chi connectivity index (χ1n) is 3.91. The molecule has 80 valence electrons. The summed E-state index contributed by atoms with van der Waals surface area (Å²) in [6.07, 6.45) is 0. The normalized spacial score (nSPS) is 9.93. The van der Waals surface area contributed by atoms with E-state index in [9.17, 15) is 19.5 Å². The maximum Gasteiger partial charge on any atom is 0.263 e. The molecule has 1 rings (SSSR count). The van der Waals surface area contributed by atoms with Crippen molar-refractivity contribution < 1.29 is 14.7 Å². The average Bonchev–Trinajstić information content (AvgIpc) is 1.99. The van der Waals surface area contributed by atoms with Gasteiger partial charge in [-0.05, 0) is 12.5 Å². The summed E-state index contributed by atoms with van der Waals surface area (Å²) in [6.45, 7) is 1.30. The molecule has 0 spiro atoms. The van der Waals surface area contributed by atoms with Gasteiger partial charge >= 0.3 is 0 Å². The minimum Gasteiger partial charge on any atom is -0.494 e. The number of pyridine rings is 1. The lowest BCUT2D eigenvalue weighted by Crippen LogP contribution is -2.28. The van der Waals surface area contributed by atoms with E-state index in [0.717, 1.165) is 0 Å². The Labute approximate surface area is 83.7 Å². The summed E-state index contributed by atoms with van der Waals surface area (Å²) >= 11 is 0. The third kappa shape index (κ3) is 1.66. The van der Waals surface area contributed by atoms with Gasteiger partial charge in [0, 0.05) is 0 Å². The number of carbonyl (C=O) groups excluding carboxylic acids is 2. The summed E-state index contributed by atoms with van der Waals surface area (Å²) in [6, 6.07) is 0. The molecule has 6 N–H and O–H groups in total. The molecule has 0 aliphatic carbocycles. The van der Waals surface area contributed by atoms with E-state index in [1.165, 1.54) is 6.92 Å². The van der Waals surface area contributed by atoms with E-state index in [1.807, 2.05) is 4.98 Å². The van der Waals surface area contributed by atoms with Crippen molar-refractivity contribution in [3.63, 3.8) is 0 Å². The zero-order chi connectivity index (χ0) is 11.7. The SMILES string of the molecule is Cc1c(C(N)=O)c(O)[nH]c(=O)c1C(N)=O. The van der Waals surface area contributed by atoms with Crippen molar-refractivity contribution in [1.29, 1.82) is 0 Å². The molecule has 1 heterocycles. The summed E-state index contributed by atoms with van der Waals surface area (Å²) in [5.41, 5.74) is 8.31. The molecule has 0 atom stereocenters. The van der Waals surface area contributed by atoms with E-state index in [1.54, 1.807) is 0 Å². The number of nitrogens with one attached hydrogen (secondary N) is 1. The number of rotatable bonds is 2. The van der Waals surface area contributed by atoms with Crippen LogP contribution in [0.1, 0.15) is 26.3 Å². The maximum atomic E-state index is 11.2. The Hall–Kier alpha value is -2.31. The second-order valence-corrected chi connectivity index (χ2v) is 2.91. The molecule has 2 amide bonds. The molecule has 0 fully saturated rings. The molecule has 0 aliphatic rings. The van der Waals surface area contributed by atoms with Crippen molar-refractivity contribution in [3.05, 3.63) is 27.0 Å². The van der Waals surface area contributed by atoms with Crippen LogP contribution in [0.15, 0.2) is 4.79 Å². The van der Waals surface area contributed by atoms with Crippen molar-refractivity contribution in [2.24, 2.45) is 11.5 Å². The third-order valence-corrected chi connectivity index (χ3v) is 1.94. The first kappa shape index (κ1) is 10.8. The summed E-state index contributed by atoms with van der Waals surface area (Å²) in [5.74, 6) is -2.62. The van der Waals surface area contributed by atoms with Gasteiger partial charge in [-0.1, -0.05) is 0 Å². The number of aromatic hydroxyl groups is 1. The van der Waals surface area contributed by atoms with Crippen LogP contribution in [0, 0.1) is 6.92 Å². The Bertz CT molecular complexity index is 503. The van der Waals surface area contributed by atoms with Gasteiger partial charge in [0.05, 0.1) is 0 Å². The summed E-state index contributed by atoms with van der Waals surface area (Å²) in [7, 11) is 0. The van der Waals surface area contributed by atoms with Gasteiger partial charge < -0.3 is 16.6 Å². The Morgan fingerprint density at radius 1 is 1.20 bits per heavy atom. The molecular formula is C8H9N3O4. The van der Waals surface area contributed by atoms with Gasteiger partial charge in [0.15, 0.2) is 0 Å². The fraction of sp³-hybridized carbons (Fsp3) is 0.125. The molecule has 15 heavy (non-hydrogen) atoms. The van der Waals surface area contributed by atoms with Crippen LogP contribution in [0.2, 0.25) is 0 Å². The fourth-order valence-corrected chi connectivity index (χ4v) is 1.30. The van der Waals surface area contributed by atoms with Crippen molar-refractivity contribution in [2.45, 2.75) is 6.92 Å². The summed E-state index contributed by atoms with van der Waals surface area (Å²) < 4.78 is 0. The predicted molar refractivity (Wildman–Crippen MR) is 50.5 cm³/mol. The lowest BCUT2D eigenvalue weighted by Gasteiger charge is -2.06. The van der Waals surface area contributed by atoms with Gasteiger partial charge in [-0.15, -0.1) is 0 Å². The van der Waals surface area contributed by atoms with Crippen LogP contribution < -0.4 is 17.0 Å². The number of aromatic amines is 1. The molecule has 0 saturated heterocycles. The molecule has 7 heteroatoms. The van der Waals surface area contributed by atoms with E-state index in [-0.39, 0.29) is 16.7 Å². The van der Waals surface area contributed by atoms with Gasteiger partial charge in [0.25, 0.3) is 17.4 Å². The highest BCUT2D eigenvalue weighted by molar-refractivity contribution is 6.01. The highest BCUT2D eigenvalue weighted by Crippen LogP contribution is 2.17. The number of hydrogen-bond acceptors (Lipinski definition) is 4. The first-order chi connectivity index (χ1) is 6.86. The van der Waals surface area contributed by atoms with E-state index < -0.39 is 23.3 Å². The fourth-order valence-electron chi connectivity index (χ4n) is 1.30. The lowest BCUT2D eigenvalue weighted by atomic mass is 10.0. The minimum atomic E-state index is -0.990. The van der Waals surface area contributed by atoms with Crippen LogP contribution in [0.5, 0.6) is 5.88 Å². The molecule has 7 nitrogen and oxygen atoms in total. The second-order valence-electron chi connectivity index (χ2n) is 2.91. The zero-order valence-corrected chi connectivity index (χ0v) is 7.83. The van der Waals surface area contributed by atoms with Crippen LogP contribution >= 0.6 is 0 Å². The van der Waals surface area contributed by atoms with Crippen LogP contribution in [-0.4, -0.2) is 21.9 Å². The molecule has 0 bridgehead atoms. The van der Waals surface area contributed by atoms with Crippen LogP contribution in [0.3, 0.4) is 0 Å². The monoisotopic (exact) mass is 211 g/mol. The zero-order valence-electron chi connectivity index (χ0n) is 7.83. The molecule has 0 unspecified atom stereocenters. The first-order valence-corrected chi connectivity index (χ1v) is 3.91. The number of primary amides is 2. The van der Waals surface area contributed by atoms with Crippen molar-refractivity contribution in [2.75, 3.05) is 0 Å². The van der Waals surface area contributed by atoms with Gasteiger partial charge in [-0.25, -0.2) is 0 Å². The number of aromatic nitrogens is 1. The number of hydrogen-bond donors (Lipinski definition) is 4. The van der Waals surface area contributed by atoms with Gasteiger partial charge in [-0.3, -0.25) is 19.4 Å². The standard InChI is InChI=1S/C8H9N3O4/c1-2-3(5(9)12)7(14)11-8(15)4(2)6(10)13/h1H3,(H2,9,12)(H2,10,13)(H2,11,14,15). The van der Waals surface area contributed by atoms with E-state index >= 15 is 0 Å². The lowest BCUT2D eigenvalue weighted by molar-refractivity contribution is 0.0996. The Kier molecular flexibility index (Phi) is 2.47. The Morgan fingerprint density at radius 3 is 2.07 bits per heavy atom. The smallest absolute Gasteiger partial charge is 0.263 e. The quantitative estimate of drug-likeness (QED) is 0.476. The molecule has 1 aromatic rings. The van der Waals surface area contributed by atoms with Crippen LogP contribution in [-0.2, 0) is 0 Å². The van der Waals surface area contributed by atoms with Gasteiger partial charge in [-0.2, -0.15) is 0 Å². The van der Waals surface area contributed by atoms with E-state index in [4.69, 9.17) is 11.5 Å². The van der Waals surface area contributed by atoms with E-state index in [0.29, 0.717) is 0 Å². The molecule has 0 radical (unpaired) electrons. The number of amides is 2. The third-order valence-electron chi connectivity index (χ3n) is 1.94. The summed E-state index contributed by atoms with van der Waals surface area (Å²) in [4.78, 5) is 34.9. The highest BCUT2D eigenvalue weighted by atomic mass is 16.3. The Balaban J connectivity index is 3.72. The molecule has 0 aliphatic heterocycles. The molecule has 0 saturated carbocycles. The van der Waals surface area contributed by atoms with E-state index in [2.05, 4.69) is 0 Å². The van der Waals surface area contributed by atoms with Crippen LogP contribution in [0.4, 0.5) is 0 Å². The van der Waals surface area contributed by atoms with Gasteiger partial charge in [0.1, 0.15) is 11.1 Å². The highest BCUT2D eigenvalue weighted by Gasteiger charge is 2.20. The number of nitrogens with two attached hydrogens (primary N) is 2.